The number of hydrogen-bond donors (Lipinski definition) is 0. The van der Waals surface area contributed by atoms with Gasteiger partial charge < -0.3 is 9.64 Å². The maximum atomic E-state index is 5.95. The topological polar surface area (TPSA) is 25.4 Å². The number of aromatic nitrogens is 1. The van der Waals surface area contributed by atoms with Crippen LogP contribution in [-0.4, -0.2) is 35.6 Å². The molecule has 2 heterocycles. The molecular formula is C12H18N2O. The fraction of sp³-hybridized carbons (Fsp3) is 0.583. The summed E-state index contributed by atoms with van der Waals surface area (Å²) in [4.78, 5) is 6.54. The van der Waals surface area contributed by atoms with Gasteiger partial charge in [-0.2, -0.15) is 0 Å². The van der Waals surface area contributed by atoms with Crippen molar-refractivity contribution in [1.82, 2.24) is 9.88 Å². The molecule has 3 nitrogen and oxygen atoms in total. The number of ether oxygens (including phenoxy) is 1. The monoisotopic (exact) mass is 206 g/mol. The number of nitrogens with zero attached hydrogens (tertiary/aromatic N) is 2. The molecule has 15 heavy (non-hydrogen) atoms. The van der Waals surface area contributed by atoms with Crippen LogP contribution in [0.2, 0.25) is 0 Å². The zero-order valence-corrected chi connectivity index (χ0v) is 9.44. The lowest BCUT2D eigenvalue weighted by Gasteiger charge is -2.37. The molecule has 0 saturated carbocycles. The minimum absolute atomic E-state index is 0.0408. The second-order valence-electron chi connectivity index (χ2n) is 4.52. The minimum Gasteiger partial charge on any atom is -0.471 e. The summed E-state index contributed by atoms with van der Waals surface area (Å²) in [5.74, 6) is 0.740. The van der Waals surface area contributed by atoms with E-state index in [2.05, 4.69) is 23.9 Å². The van der Waals surface area contributed by atoms with Crippen molar-refractivity contribution in [2.75, 3.05) is 20.1 Å². The highest BCUT2D eigenvalue weighted by molar-refractivity contribution is 5.11. The van der Waals surface area contributed by atoms with Gasteiger partial charge >= 0.3 is 0 Å². The Morgan fingerprint density at radius 3 is 2.67 bits per heavy atom. The molecule has 0 atom stereocenters. The van der Waals surface area contributed by atoms with Crippen LogP contribution in [0.25, 0.3) is 0 Å². The quantitative estimate of drug-likeness (QED) is 0.739. The van der Waals surface area contributed by atoms with E-state index in [0.717, 1.165) is 31.8 Å². The molecule has 1 fully saturated rings. The van der Waals surface area contributed by atoms with E-state index in [0.29, 0.717) is 0 Å². The maximum absolute atomic E-state index is 5.95. The van der Waals surface area contributed by atoms with E-state index in [1.807, 2.05) is 18.2 Å². The molecule has 1 aliphatic heterocycles. The summed E-state index contributed by atoms with van der Waals surface area (Å²) in [5.41, 5.74) is -0.0408. The standard InChI is InChI=1S/C12H18N2O/c1-12(6-9-14(2)10-7-12)15-11-5-3-4-8-13-11/h3-5,8H,6-7,9-10H2,1-2H3. The first kappa shape index (κ1) is 10.4. The van der Waals surface area contributed by atoms with Crippen LogP contribution in [-0.2, 0) is 0 Å². The number of hydrogen-bond acceptors (Lipinski definition) is 3. The summed E-state index contributed by atoms with van der Waals surface area (Å²) < 4.78 is 5.95. The van der Waals surface area contributed by atoms with E-state index in [4.69, 9.17) is 4.74 Å². The van der Waals surface area contributed by atoms with Gasteiger partial charge in [-0.15, -0.1) is 0 Å². The first-order valence-electron chi connectivity index (χ1n) is 5.47. The molecule has 0 aromatic carbocycles. The Hall–Kier alpha value is -1.09. The van der Waals surface area contributed by atoms with Crippen LogP contribution in [0.15, 0.2) is 24.4 Å². The van der Waals surface area contributed by atoms with Crippen molar-refractivity contribution < 1.29 is 4.74 Å². The first-order chi connectivity index (χ1) is 7.18. The van der Waals surface area contributed by atoms with Gasteiger partial charge in [0.05, 0.1) is 0 Å². The van der Waals surface area contributed by atoms with Crippen LogP contribution < -0.4 is 4.74 Å². The number of likely N-dealkylation sites (tertiary alicyclic amines) is 1. The van der Waals surface area contributed by atoms with Gasteiger partial charge in [0.25, 0.3) is 0 Å². The van der Waals surface area contributed by atoms with Gasteiger partial charge in [-0.1, -0.05) is 6.07 Å². The summed E-state index contributed by atoms with van der Waals surface area (Å²) in [6, 6.07) is 5.79. The van der Waals surface area contributed by atoms with Crippen LogP contribution in [0.1, 0.15) is 19.8 Å². The molecule has 0 bridgehead atoms. The zero-order chi connectivity index (χ0) is 10.7. The Kier molecular flexibility index (Phi) is 2.91. The average Bonchev–Trinajstić information content (AvgIpc) is 2.24. The Morgan fingerprint density at radius 1 is 1.33 bits per heavy atom. The lowest BCUT2D eigenvalue weighted by molar-refractivity contribution is 0.0203. The minimum atomic E-state index is -0.0408. The molecule has 0 spiro atoms. The molecule has 0 N–H and O–H groups in total. The molecule has 2 rings (SSSR count). The van der Waals surface area contributed by atoms with E-state index in [9.17, 15) is 0 Å². The molecular weight excluding hydrogens is 188 g/mol. The van der Waals surface area contributed by atoms with Crippen LogP contribution >= 0.6 is 0 Å². The van der Waals surface area contributed by atoms with Gasteiger partial charge in [0.2, 0.25) is 5.88 Å². The molecule has 1 aromatic rings. The smallest absolute Gasteiger partial charge is 0.213 e. The second kappa shape index (κ2) is 4.19. The van der Waals surface area contributed by atoms with Gasteiger partial charge in [0.15, 0.2) is 0 Å². The molecule has 0 aliphatic carbocycles. The highest BCUT2D eigenvalue weighted by Crippen LogP contribution is 2.26. The van der Waals surface area contributed by atoms with Gasteiger partial charge in [-0.3, -0.25) is 0 Å². The maximum Gasteiger partial charge on any atom is 0.213 e. The zero-order valence-electron chi connectivity index (χ0n) is 9.44. The molecule has 82 valence electrons. The van der Waals surface area contributed by atoms with Crippen molar-refractivity contribution in [3.8, 4) is 5.88 Å². The normalized spacial score (nSPS) is 21.2. The molecule has 1 aromatic heterocycles. The Labute approximate surface area is 91.1 Å². The highest BCUT2D eigenvalue weighted by Gasteiger charge is 2.30. The summed E-state index contributed by atoms with van der Waals surface area (Å²) in [7, 11) is 2.15. The molecule has 1 saturated heterocycles. The van der Waals surface area contributed by atoms with Crippen LogP contribution in [0, 0.1) is 0 Å². The van der Waals surface area contributed by atoms with E-state index in [1.54, 1.807) is 6.20 Å². The number of pyridine rings is 1. The SMILES string of the molecule is CN1CCC(C)(Oc2ccccn2)CC1. The number of piperidine rings is 1. The predicted octanol–water partition coefficient (Wildman–Crippen LogP) is 1.94. The Balaban J connectivity index is 1.99. The van der Waals surface area contributed by atoms with Crippen LogP contribution in [0.4, 0.5) is 0 Å². The third-order valence-corrected chi connectivity index (χ3v) is 3.03. The molecule has 1 aliphatic rings. The average molecular weight is 206 g/mol. The number of rotatable bonds is 2. The second-order valence-corrected chi connectivity index (χ2v) is 4.52. The Bertz CT molecular complexity index is 305. The first-order valence-corrected chi connectivity index (χ1v) is 5.47. The van der Waals surface area contributed by atoms with Crippen molar-refractivity contribution >= 4 is 0 Å². The van der Waals surface area contributed by atoms with Gasteiger partial charge in [0, 0.05) is 25.4 Å². The van der Waals surface area contributed by atoms with Crippen molar-refractivity contribution in [3.05, 3.63) is 24.4 Å². The Morgan fingerprint density at radius 2 is 2.07 bits per heavy atom. The van der Waals surface area contributed by atoms with Crippen molar-refractivity contribution in [3.63, 3.8) is 0 Å². The highest BCUT2D eigenvalue weighted by atomic mass is 16.5. The molecule has 0 unspecified atom stereocenters. The summed E-state index contributed by atoms with van der Waals surface area (Å²) in [6.45, 7) is 4.38. The van der Waals surface area contributed by atoms with Crippen LogP contribution in [0.3, 0.4) is 0 Å². The third-order valence-electron chi connectivity index (χ3n) is 3.03. The van der Waals surface area contributed by atoms with Crippen molar-refractivity contribution in [2.45, 2.75) is 25.4 Å². The van der Waals surface area contributed by atoms with E-state index in [1.165, 1.54) is 0 Å². The predicted molar refractivity (Wildman–Crippen MR) is 60.0 cm³/mol. The van der Waals surface area contributed by atoms with Gasteiger partial charge in [0.1, 0.15) is 5.60 Å². The van der Waals surface area contributed by atoms with Crippen molar-refractivity contribution in [1.29, 1.82) is 0 Å². The fourth-order valence-electron chi connectivity index (χ4n) is 1.85. The van der Waals surface area contributed by atoms with E-state index in [-0.39, 0.29) is 5.60 Å². The third kappa shape index (κ3) is 2.69. The largest absolute Gasteiger partial charge is 0.471 e. The van der Waals surface area contributed by atoms with E-state index < -0.39 is 0 Å². The summed E-state index contributed by atoms with van der Waals surface area (Å²) in [6.07, 6.45) is 3.91. The lowest BCUT2D eigenvalue weighted by atomic mass is 9.94. The lowest BCUT2D eigenvalue weighted by Crippen LogP contribution is -2.44. The summed E-state index contributed by atoms with van der Waals surface area (Å²) >= 11 is 0. The van der Waals surface area contributed by atoms with Crippen molar-refractivity contribution in [2.24, 2.45) is 0 Å². The van der Waals surface area contributed by atoms with Gasteiger partial charge in [-0.05, 0) is 32.9 Å². The summed E-state index contributed by atoms with van der Waals surface area (Å²) in [5, 5.41) is 0. The van der Waals surface area contributed by atoms with Crippen LogP contribution in [0.5, 0.6) is 5.88 Å². The molecule has 0 amide bonds. The van der Waals surface area contributed by atoms with E-state index >= 15 is 0 Å². The van der Waals surface area contributed by atoms with Gasteiger partial charge in [-0.25, -0.2) is 4.98 Å². The molecule has 3 heteroatoms. The molecule has 0 radical (unpaired) electrons. The fourth-order valence-corrected chi connectivity index (χ4v) is 1.85.